The van der Waals surface area contributed by atoms with Crippen LogP contribution in [-0.4, -0.2) is 9.19 Å². The van der Waals surface area contributed by atoms with E-state index in [-0.39, 0.29) is 0 Å². The Bertz CT molecular complexity index is 1100. The molecule has 2 heterocycles. The van der Waals surface area contributed by atoms with Crippen LogP contribution in [0.3, 0.4) is 0 Å². The van der Waals surface area contributed by atoms with Gasteiger partial charge < -0.3 is 0 Å². The zero-order valence-electron chi connectivity index (χ0n) is 11.6. The third kappa shape index (κ3) is 1.44. The van der Waals surface area contributed by atoms with Gasteiger partial charge in [-0.15, -0.1) is 0 Å². The third-order valence-corrected chi connectivity index (χ3v) is 5.75. The van der Waals surface area contributed by atoms with Crippen molar-refractivity contribution in [3.8, 4) is 11.3 Å². The van der Waals surface area contributed by atoms with Crippen molar-refractivity contribution in [1.82, 2.24) is 4.98 Å². The van der Waals surface area contributed by atoms with Crippen LogP contribution in [0.5, 0.6) is 0 Å². The van der Waals surface area contributed by atoms with E-state index in [4.69, 9.17) is 0 Å². The molecule has 3 aromatic carbocycles. The number of nitrogens with zero attached hydrogens (tertiary/aromatic N) is 1. The second-order valence-corrected chi connectivity index (χ2v) is 6.86. The fourth-order valence-corrected chi connectivity index (χ4v) is 4.74. The van der Waals surface area contributed by atoms with Gasteiger partial charge in [-0.2, -0.15) is 0 Å². The maximum absolute atomic E-state index is 13.0. The van der Waals surface area contributed by atoms with Crippen molar-refractivity contribution in [2.45, 2.75) is 9.79 Å². The van der Waals surface area contributed by atoms with Gasteiger partial charge in [0.05, 0.1) is 26.3 Å². The highest BCUT2D eigenvalue weighted by molar-refractivity contribution is 7.85. The zero-order valence-corrected chi connectivity index (χ0v) is 12.4. The van der Waals surface area contributed by atoms with Crippen molar-refractivity contribution in [3.63, 3.8) is 0 Å². The lowest BCUT2D eigenvalue weighted by Crippen LogP contribution is -2.05. The lowest BCUT2D eigenvalue weighted by molar-refractivity contribution is 0.683. The number of aromatic nitrogens is 1. The molecule has 104 valence electrons. The molecule has 0 N–H and O–H groups in total. The predicted molar refractivity (Wildman–Crippen MR) is 89.4 cm³/mol. The maximum atomic E-state index is 13.0. The van der Waals surface area contributed by atoms with Gasteiger partial charge in [0.1, 0.15) is 0 Å². The maximum Gasteiger partial charge on any atom is 0.0863 e. The second kappa shape index (κ2) is 4.24. The molecule has 1 unspecified atom stereocenters. The number of fused-ring (bicyclic) bond motifs is 4. The van der Waals surface area contributed by atoms with E-state index >= 15 is 0 Å². The van der Waals surface area contributed by atoms with E-state index in [2.05, 4.69) is 23.2 Å². The van der Waals surface area contributed by atoms with Crippen molar-refractivity contribution in [2.24, 2.45) is 0 Å². The first-order valence-corrected chi connectivity index (χ1v) is 8.31. The Morgan fingerprint density at radius 2 is 1.64 bits per heavy atom. The molecular weight excluding hydrogens is 290 g/mol. The summed E-state index contributed by atoms with van der Waals surface area (Å²) in [7, 11) is -1.16. The van der Waals surface area contributed by atoms with E-state index in [0.717, 1.165) is 37.2 Å². The fraction of sp³-hybridized carbons (Fsp3) is 0. The fourth-order valence-electron chi connectivity index (χ4n) is 3.31. The largest absolute Gasteiger partial charge is 0.255 e. The molecule has 0 bridgehead atoms. The minimum Gasteiger partial charge on any atom is -0.255 e. The summed E-state index contributed by atoms with van der Waals surface area (Å²) >= 11 is 0. The first kappa shape index (κ1) is 12.1. The highest BCUT2D eigenvalue weighted by Gasteiger charge is 2.25. The van der Waals surface area contributed by atoms with Crippen molar-refractivity contribution >= 4 is 32.3 Å². The number of benzene rings is 3. The van der Waals surface area contributed by atoms with Crippen LogP contribution in [0.15, 0.2) is 76.7 Å². The van der Waals surface area contributed by atoms with Gasteiger partial charge in [-0.3, -0.25) is 4.98 Å². The quantitative estimate of drug-likeness (QED) is 0.393. The summed E-state index contributed by atoms with van der Waals surface area (Å²) < 4.78 is 13.0. The number of hydrogen-bond acceptors (Lipinski definition) is 2. The molecule has 1 aromatic heterocycles. The molecule has 2 nitrogen and oxygen atoms in total. The predicted octanol–water partition coefficient (Wildman–Crippen LogP) is 4.54. The van der Waals surface area contributed by atoms with Crippen molar-refractivity contribution in [1.29, 1.82) is 0 Å². The molecule has 0 spiro atoms. The highest BCUT2D eigenvalue weighted by Crippen LogP contribution is 2.43. The monoisotopic (exact) mass is 301 g/mol. The Hall–Kier alpha value is -2.52. The first-order valence-electron chi connectivity index (χ1n) is 7.16. The SMILES string of the molecule is O=S1c2ccccc2-c2nccc3c2c1cc1ccccc13. The van der Waals surface area contributed by atoms with Gasteiger partial charge in [-0.05, 0) is 34.4 Å². The Kier molecular flexibility index (Phi) is 2.33. The topological polar surface area (TPSA) is 30.0 Å². The standard InChI is InChI=1S/C19H11NOS/c21-22-16-8-4-3-7-15(16)19-18-14(9-10-20-19)13-6-2-1-5-12(13)11-17(18)22/h1-11H. The molecule has 4 aromatic rings. The molecule has 0 saturated carbocycles. The zero-order chi connectivity index (χ0) is 14.7. The van der Waals surface area contributed by atoms with Crippen LogP contribution in [0.25, 0.3) is 32.8 Å². The van der Waals surface area contributed by atoms with Crippen molar-refractivity contribution in [2.75, 3.05) is 0 Å². The van der Waals surface area contributed by atoms with E-state index in [0.29, 0.717) is 0 Å². The first-order chi connectivity index (χ1) is 10.8. The van der Waals surface area contributed by atoms with Crippen LogP contribution in [-0.2, 0) is 10.8 Å². The molecule has 0 radical (unpaired) electrons. The minimum absolute atomic E-state index is 0.852. The summed E-state index contributed by atoms with van der Waals surface area (Å²) in [6.07, 6.45) is 1.85. The smallest absolute Gasteiger partial charge is 0.0863 e. The molecule has 0 saturated heterocycles. The molecule has 0 amide bonds. The van der Waals surface area contributed by atoms with Gasteiger partial charge in [-0.25, -0.2) is 4.21 Å². The average molecular weight is 301 g/mol. The van der Waals surface area contributed by atoms with Crippen LogP contribution >= 0.6 is 0 Å². The summed E-state index contributed by atoms with van der Waals surface area (Å²) in [6, 6.07) is 20.2. The van der Waals surface area contributed by atoms with Crippen molar-refractivity contribution < 1.29 is 4.21 Å². The van der Waals surface area contributed by atoms with Gasteiger partial charge in [0, 0.05) is 17.1 Å². The molecule has 5 rings (SSSR count). The number of hydrogen-bond donors (Lipinski definition) is 0. The van der Waals surface area contributed by atoms with Crippen molar-refractivity contribution in [3.05, 3.63) is 66.9 Å². The lowest BCUT2D eigenvalue weighted by Gasteiger charge is -2.20. The van der Waals surface area contributed by atoms with E-state index in [1.54, 1.807) is 0 Å². The summed E-state index contributed by atoms with van der Waals surface area (Å²) in [4.78, 5) is 6.31. The molecule has 1 aliphatic rings. The Labute approximate surface area is 129 Å². The van der Waals surface area contributed by atoms with Crippen LogP contribution in [0.1, 0.15) is 0 Å². The summed E-state index contributed by atoms with van der Waals surface area (Å²) in [5, 5.41) is 4.45. The second-order valence-electron chi connectivity index (χ2n) is 5.44. The summed E-state index contributed by atoms with van der Waals surface area (Å²) in [5.41, 5.74) is 1.92. The average Bonchev–Trinajstić information content (AvgIpc) is 2.59. The molecule has 1 atom stereocenters. The van der Waals surface area contributed by atoms with E-state index < -0.39 is 10.8 Å². The minimum atomic E-state index is -1.16. The number of pyridine rings is 1. The third-order valence-electron chi connectivity index (χ3n) is 4.28. The van der Waals surface area contributed by atoms with Crippen LogP contribution < -0.4 is 0 Å². The van der Waals surface area contributed by atoms with E-state index in [1.807, 2.05) is 48.7 Å². The Morgan fingerprint density at radius 3 is 2.59 bits per heavy atom. The van der Waals surface area contributed by atoms with E-state index in [1.165, 1.54) is 5.39 Å². The van der Waals surface area contributed by atoms with E-state index in [9.17, 15) is 4.21 Å². The van der Waals surface area contributed by atoms with Gasteiger partial charge >= 0.3 is 0 Å². The molecule has 3 heteroatoms. The highest BCUT2D eigenvalue weighted by atomic mass is 32.2. The molecule has 0 fully saturated rings. The Balaban J connectivity index is 2.09. The van der Waals surface area contributed by atoms with Gasteiger partial charge in [0.25, 0.3) is 0 Å². The summed E-state index contributed by atoms with van der Waals surface area (Å²) in [5.74, 6) is 0. The van der Waals surface area contributed by atoms with Gasteiger partial charge in [-0.1, -0.05) is 42.5 Å². The number of rotatable bonds is 0. The molecule has 0 aliphatic carbocycles. The summed E-state index contributed by atoms with van der Waals surface area (Å²) in [6.45, 7) is 0. The van der Waals surface area contributed by atoms with Gasteiger partial charge in [0.2, 0.25) is 0 Å². The van der Waals surface area contributed by atoms with Crippen LogP contribution in [0.4, 0.5) is 0 Å². The van der Waals surface area contributed by atoms with Crippen LogP contribution in [0, 0.1) is 0 Å². The van der Waals surface area contributed by atoms with Crippen LogP contribution in [0.2, 0.25) is 0 Å². The van der Waals surface area contributed by atoms with Gasteiger partial charge in [0.15, 0.2) is 0 Å². The molecule has 1 aliphatic heterocycles. The molecule has 22 heavy (non-hydrogen) atoms. The lowest BCUT2D eigenvalue weighted by atomic mass is 9.98. The normalized spacial score (nSPS) is 15.9. The Morgan fingerprint density at radius 1 is 0.818 bits per heavy atom. The molecular formula is C19H11NOS.